The van der Waals surface area contributed by atoms with E-state index in [1.54, 1.807) is 6.07 Å². The monoisotopic (exact) mass is 225 g/mol. The molecule has 0 aliphatic rings. The predicted octanol–water partition coefficient (Wildman–Crippen LogP) is 1.47. The highest BCUT2D eigenvalue weighted by Gasteiger charge is 2.12. The van der Waals surface area contributed by atoms with E-state index in [1.165, 1.54) is 25.3 Å². The Labute approximate surface area is 92.4 Å². The molecule has 0 unspecified atom stereocenters. The largest absolute Gasteiger partial charge is 0.294 e. The molecule has 0 radical (unpaired) electrons. The molecule has 1 aromatic rings. The van der Waals surface area contributed by atoms with Crippen molar-refractivity contribution in [1.29, 1.82) is 0 Å². The second-order valence-corrected chi connectivity index (χ2v) is 3.13. The summed E-state index contributed by atoms with van der Waals surface area (Å²) in [7, 11) is 1.30. The Bertz CT molecular complexity index is 393. The van der Waals surface area contributed by atoms with Crippen molar-refractivity contribution in [1.82, 2.24) is 5.48 Å². The van der Waals surface area contributed by atoms with Gasteiger partial charge in [-0.3, -0.25) is 14.4 Å². The number of Topliss-reactive ketones (excluding diaryl/α,β-unsaturated/α-hetero) is 1. The zero-order valence-electron chi connectivity index (χ0n) is 8.83. The van der Waals surface area contributed by atoms with Crippen LogP contribution >= 0.6 is 0 Å². The lowest BCUT2D eigenvalue weighted by Crippen LogP contribution is -2.22. The Morgan fingerprint density at radius 1 is 1.31 bits per heavy atom. The maximum atomic E-state index is 13.2. The average Bonchev–Trinajstić information content (AvgIpc) is 2.27. The number of rotatable bonds is 5. The average molecular weight is 225 g/mol. The third kappa shape index (κ3) is 3.43. The normalized spacial score (nSPS) is 9.88. The summed E-state index contributed by atoms with van der Waals surface area (Å²) in [6.07, 6.45) is -0.0723. The van der Waals surface area contributed by atoms with E-state index in [2.05, 4.69) is 10.3 Å². The van der Waals surface area contributed by atoms with Crippen LogP contribution in [0.25, 0.3) is 0 Å². The van der Waals surface area contributed by atoms with Crippen LogP contribution in [-0.2, 0) is 9.63 Å². The van der Waals surface area contributed by atoms with Gasteiger partial charge in [0.1, 0.15) is 5.82 Å². The molecule has 0 bridgehead atoms. The molecule has 0 fully saturated rings. The summed E-state index contributed by atoms with van der Waals surface area (Å²) in [4.78, 5) is 26.9. The zero-order valence-corrected chi connectivity index (χ0v) is 8.83. The molecule has 0 saturated heterocycles. The molecule has 0 saturated carbocycles. The summed E-state index contributed by atoms with van der Waals surface area (Å²) in [6, 6.07) is 5.68. The van der Waals surface area contributed by atoms with E-state index in [-0.39, 0.29) is 18.4 Å². The maximum Gasteiger partial charge on any atom is 0.243 e. The van der Waals surface area contributed by atoms with Crippen molar-refractivity contribution in [3.05, 3.63) is 35.6 Å². The molecule has 86 valence electrons. The number of carbonyl (C=O) groups excluding carboxylic acids is 2. The fourth-order valence-corrected chi connectivity index (χ4v) is 1.21. The highest BCUT2D eigenvalue weighted by molar-refractivity contribution is 5.98. The van der Waals surface area contributed by atoms with Crippen molar-refractivity contribution < 1.29 is 18.8 Å². The van der Waals surface area contributed by atoms with Crippen molar-refractivity contribution in [2.45, 2.75) is 12.8 Å². The number of benzene rings is 1. The van der Waals surface area contributed by atoms with E-state index < -0.39 is 17.5 Å². The number of carbonyl (C=O) groups is 2. The van der Waals surface area contributed by atoms with Gasteiger partial charge in [0.15, 0.2) is 5.78 Å². The van der Waals surface area contributed by atoms with Crippen molar-refractivity contribution in [2.24, 2.45) is 0 Å². The summed E-state index contributed by atoms with van der Waals surface area (Å²) < 4.78 is 13.2. The van der Waals surface area contributed by atoms with E-state index in [1.807, 2.05) is 0 Å². The quantitative estimate of drug-likeness (QED) is 0.609. The first-order valence-corrected chi connectivity index (χ1v) is 4.74. The lowest BCUT2D eigenvalue weighted by Gasteiger charge is -2.02. The third-order valence-corrected chi connectivity index (χ3v) is 1.97. The molecule has 1 aromatic carbocycles. The number of halogens is 1. The molecule has 0 aliphatic heterocycles. The Morgan fingerprint density at radius 3 is 2.62 bits per heavy atom. The minimum atomic E-state index is -0.570. The molecular weight excluding hydrogens is 213 g/mol. The van der Waals surface area contributed by atoms with Gasteiger partial charge in [0.05, 0.1) is 12.7 Å². The van der Waals surface area contributed by atoms with Crippen LogP contribution in [0.4, 0.5) is 4.39 Å². The van der Waals surface area contributed by atoms with Gasteiger partial charge < -0.3 is 0 Å². The number of nitrogens with one attached hydrogen (secondary N) is 1. The van der Waals surface area contributed by atoms with Crippen molar-refractivity contribution in [3.63, 3.8) is 0 Å². The summed E-state index contributed by atoms with van der Waals surface area (Å²) in [6.45, 7) is 0. The molecule has 5 heteroatoms. The predicted molar refractivity (Wildman–Crippen MR) is 55.1 cm³/mol. The maximum absolute atomic E-state index is 13.2. The number of hydroxylamine groups is 1. The molecule has 0 atom stereocenters. The molecule has 4 nitrogen and oxygen atoms in total. The van der Waals surface area contributed by atoms with E-state index in [4.69, 9.17) is 0 Å². The Balaban J connectivity index is 2.54. The van der Waals surface area contributed by atoms with Crippen LogP contribution in [0.1, 0.15) is 23.2 Å². The van der Waals surface area contributed by atoms with Gasteiger partial charge in [-0.25, -0.2) is 9.87 Å². The lowest BCUT2D eigenvalue weighted by molar-refractivity contribution is -0.131. The van der Waals surface area contributed by atoms with Crippen LogP contribution in [0.3, 0.4) is 0 Å². The van der Waals surface area contributed by atoms with Crippen molar-refractivity contribution in [2.75, 3.05) is 7.11 Å². The van der Waals surface area contributed by atoms with Gasteiger partial charge in [-0.1, -0.05) is 12.1 Å². The topological polar surface area (TPSA) is 55.4 Å². The molecular formula is C11H12FNO3. The van der Waals surface area contributed by atoms with Gasteiger partial charge in [0.25, 0.3) is 0 Å². The first-order valence-electron chi connectivity index (χ1n) is 4.74. The Morgan fingerprint density at radius 2 is 2.00 bits per heavy atom. The minimum Gasteiger partial charge on any atom is -0.294 e. The molecule has 1 N–H and O–H groups in total. The van der Waals surface area contributed by atoms with Crippen LogP contribution in [0, 0.1) is 5.82 Å². The first-order chi connectivity index (χ1) is 7.65. The number of amides is 1. The van der Waals surface area contributed by atoms with Gasteiger partial charge >= 0.3 is 0 Å². The number of hydrogen-bond donors (Lipinski definition) is 1. The van der Waals surface area contributed by atoms with E-state index in [0.29, 0.717) is 0 Å². The SMILES string of the molecule is CONC(=O)CCC(=O)c1ccccc1F. The molecule has 1 rings (SSSR count). The van der Waals surface area contributed by atoms with Crippen LogP contribution in [-0.4, -0.2) is 18.8 Å². The van der Waals surface area contributed by atoms with Gasteiger partial charge in [-0.15, -0.1) is 0 Å². The van der Waals surface area contributed by atoms with Gasteiger partial charge in [-0.2, -0.15) is 0 Å². The molecule has 0 spiro atoms. The van der Waals surface area contributed by atoms with Crippen molar-refractivity contribution >= 4 is 11.7 Å². The van der Waals surface area contributed by atoms with E-state index in [0.717, 1.165) is 0 Å². The van der Waals surface area contributed by atoms with Gasteiger partial charge in [0, 0.05) is 12.8 Å². The molecule has 16 heavy (non-hydrogen) atoms. The summed E-state index contributed by atoms with van der Waals surface area (Å²) in [5, 5.41) is 0. The molecule has 0 heterocycles. The van der Waals surface area contributed by atoms with Gasteiger partial charge in [-0.05, 0) is 12.1 Å². The Hall–Kier alpha value is -1.75. The van der Waals surface area contributed by atoms with Crippen LogP contribution in [0.2, 0.25) is 0 Å². The first kappa shape index (κ1) is 12.3. The van der Waals surface area contributed by atoms with E-state index in [9.17, 15) is 14.0 Å². The second-order valence-electron chi connectivity index (χ2n) is 3.13. The fraction of sp³-hybridized carbons (Fsp3) is 0.273. The second kappa shape index (κ2) is 5.97. The van der Waals surface area contributed by atoms with Crippen molar-refractivity contribution in [3.8, 4) is 0 Å². The summed E-state index contributed by atoms with van der Waals surface area (Å²) in [5.41, 5.74) is 2.09. The summed E-state index contributed by atoms with van der Waals surface area (Å²) in [5.74, 6) is -1.38. The number of ketones is 1. The fourth-order valence-electron chi connectivity index (χ4n) is 1.21. The molecule has 1 amide bonds. The van der Waals surface area contributed by atoms with E-state index >= 15 is 0 Å². The summed E-state index contributed by atoms with van der Waals surface area (Å²) >= 11 is 0. The van der Waals surface area contributed by atoms with Crippen LogP contribution < -0.4 is 5.48 Å². The van der Waals surface area contributed by atoms with Crippen LogP contribution in [0.5, 0.6) is 0 Å². The third-order valence-electron chi connectivity index (χ3n) is 1.97. The highest BCUT2D eigenvalue weighted by Crippen LogP contribution is 2.10. The minimum absolute atomic E-state index is 0.00715. The molecule has 0 aliphatic carbocycles. The smallest absolute Gasteiger partial charge is 0.243 e. The van der Waals surface area contributed by atoms with Gasteiger partial charge in [0.2, 0.25) is 5.91 Å². The number of hydrogen-bond acceptors (Lipinski definition) is 3. The van der Waals surface area contributed by atoms with Crippen LogP contribution in [0.15, 0.2) is 24.3 Å². The highest BCUT2D eigenvalue weighted by atomic mass is 19.1. The standard InChI is InChI=1S/C11H12FNO3/c1-16-13-11(15)7-6-10(14)8-4-2-3-5-9(8)12/h2-5H,6-7H2,1H3,(H,13,15). The molecule has 0 aromatic heterocycles. The Kier molecular flexibility index (Phi) is 4.60. The lowest BCUT2D eigenvalue weighted by atomic mass is 10.1. The zero-order chi connectivity index (χ0) is 12.0.